The number of sulfonamides is 1. The first-order valence-corrected chi connectivity index (χ1v) is 10.3. The Morgan fingerprint density at radius 1 is 1.31 bits per heavy atom. The van der Waals surface area contributed by atoms with Crippen molar-refractivity contribution >= 4 is 32.4 Å². The average molecular weight is 391 g/mol. The van der Waals surface area contributed by atoms with Crippen molar-refractivity contribution in [2.45, 2.75) is 6.54 Å². The zero-order valence-corrected chi connectivity index (χ0v) is 15.8. The van der Waals surface area contributed by atoms with Gasteiger partial charge in [0.25, 0.3) is 5.91 Å². The lowest BCUT2D eigenvalue weighted by atomic mass is 10.1. The van der Waals surface area contributed by atoms with Crippen LogP contribution in [0.5, 0.6) is 0 Å². The summed E-state index contributed by atoms with van der Waals surface area (Å²) in [5.41, 5.74) is 2.69. The minimum atomic E-state index is -3.41. The van der Waals surface area contributed by atoms with Crippen LogP contribution in [0.15, 0.2) is 41.8 Å². The monoisotopic (exact) mass is 391 g/mol. The fourth-order valence-corrected chi connectivity index (χ4v) is 3.67. The molecule has 0 aliphatic carbocycles. The Morgan fingerprint density at radius 2 is 2.04 bits per heavy atom. The second-order valence-corrected chi connectivity index (χ2v) is 8.42. The number of carbonyl (C=O) groups is 1. The topological polar surface area (TPSA) is 108 Å². The van der Waals surface area contributed by atoms with E-state index in [1.807, 2.05) is 36.4 Å². The van der Waals surface area contributed by atoms with Crippen LogP contribution in [-0.2, 0) is 16.6 Å². The smallest absolute Gasteiger partial charge is 0.271 e. The molecule has 3 aromatic rings. The van der Waals surface area contributed by atoms with Gasteiger partial charge in [0.05, 0.1) is 24.2 Å². The van der Waals surface area contributed by atoms with E-state index in [2.05, 4.69) is 20.5 Å². The van der Waals surface area contributed by atoms with Gasteiger partial charge in [-0.05, 0) is 6.07 Å². The number of benzene rings is 1. The molecular weight excluding hydrogens is 374 g/mol. The summed E-state index contributed by atoms with van der Waals surface area (Å²) >= 11 is 1.09. The first kappa shape index (κ1) is 18.1. The van der Waals surface area contributed by atoms with Crippen molar-refractivity contribution in [2.24, 2.45) is 0 Å². The normalized spacial score (nSPS) is 11.3. The van der Waals surface area contributed by atoms with Crippen molar-refractivity contribution in [1.82, 2.24) is 20.5 Å². The van der Waals surface area contributed by atoms with E-state index in [9.17, 15) is 13.2 Å². The van der Waals surface area contributed by atoms with Gasteiger partial charge >= 0.3 is 0 Å². The van der Waals surface area contributed by atoms with Crippen LogP contribution in [0.1, 0.15) is 16.2 Å². The van der Waals surface area contributed by atoms with Gasteiger partial charge in [0.2, 0.25) is 10.0 Å². The molecule has 26 heavy (non-hydrogen) atoms. The molecule has 2 heterocycles. The molecule has 0 fully saturated rings. The molecule has 0 unspecified atom stereocenters. The van der Waals surface area contributed by atoms with Crippen molar-refractivity contribution < 1.29 is 13.2 Å². The maximum absolute atomic E-state index is 12.2. The Bertz CT molecular complexity index is 1010. The summed E-state index contributed by atoms with van der Waals surface area (Å²) in [7, 11) is -2.02. The second kappa shape index (κ2) is 7.26. The highest BCUT2D eigenvalue weighted by molar-refractivity contribution is 7.92. The molecule has 1 amide bonds. The van der Waals surface area contributed by atoms with Crippen molar-refractivity contribution in [2.75, 3.05) is 17.6 Å². The van der Waals surface area contributed by atoms with Gasteiger partial charge in [-0.3, -0.25) is 9.89 Å². The van der Waals surface area contributed by atoms with Crippen LogP contribution in [-0.4, -0.2) is 42.8 Å². The molecule has 10 heteroatoms. The third-order valence-corrected chi connectivity index (χ3v) is 5.83. The van der Waals surface area contributed by atoms with E-state index in [-0.39, 0.29) is 23.3 Å². The van der Waals surface area contributed by atoms with Gasteiger partial charge in [0.15, 0.2) is 5.13 Å². The summed E-state index contributed by atoms with van der Waals surface area (Å²) in [5.74, 6) is -0.384. The molecule has 8 nitrogen and oxygen atoms in total. The highest BCUT2D eigenvalue weighted by Crippen LogP contribution is 2.21. The Morgan fingerprint density at radius 3 is 2.73 bits per heavy atom. The lowest BCUT2D eigenvalue weighted by Crippen LogP contribution is -2.26. The van der Waals surface area contributed by atoms with E-state index in [4.69, 9.17) is 0 Å². The van der Waals surface area contributed by atoms with Crippen LogP contribution in [0.25, 0.3) is 11.3 Å². The number of hydrogen-bond acceptors (Lipinski definition) is 6. The Kier molecular flexibility index (Phi) is 5.05. The standard InChI is InChI=1S/C16H17N5O3S2/c1-21(26(2,23)24)16-18-14(10-25-16)15(22)17-9-12-8-13(20-19-12)11-6-4-3-5-7-11/h3-8,10H,9H2,1-2H3,(H,17,22)(H,19,20). The van der Waals surface area contributed by atoms with E-state index in [1.165, 1.54) is 12.4 Å². The fourth-order valence-electron chi connectivity index (χ4n) is 2.13. The zero-order chi connectivity index (χ0) is 18.7. The first-order valence-electron chi connectivity index (χ1n) is 7.62. The quantitative estimate of drug-likeness (QED) is 0.667. The molecular formula is C16H17N5O3S2. The molecule has 1 aromatic carbocycles. The van der Waals surface area contributed by atoms with E-state index in [1.54, 1.807) is 0 Å². The number of nitrogens with one attached hydrogen (secondary N) is 2. The van der Waals surface area contributed by atoms with E-state index in [0.29, 0.717) is 0 Å². The van der Waals surface area contributed by atoms with E-state index >= 15 is 0 Å². The number of nitrogens with zero attached hydrogens (tertiary/aromatic N) is 3. The molecule has 2 aromatic heterocycles. The highest BCUT2D eigenvalue weighted by atomic mass is 32.2. The minimum absolute atomic E-state index is 0.170. The average Bonchev–Trinajstić information content (AvgIpc) is 3.28. The van der Waals surface area contributed by atoms with E-state index < -0.39 is 10.0 Å². The predicted molar refractivity (Wildman–Crippen MR) is 101 cm³/mol. The summed E-state index contributed by atoms with van der Waals surface area (Å²) in [4.78, 5) is 16.3. The number of H-pyrrole nitrogens is 1. The number of amides is 1. The lowest BCUT2D eigenvalue weighted by Gasteiger charge is -2.11. The second-order valence-electron chi connectivity index (χ2n) is 5.57. The molecule has 3 rings (SSSR count). The van der Waals surface area contributed by atoms with Gasteiger partial charge in [0, 0.05) is 18.0 Å². The van der Waals surface area contributed by atoms with Crippen molar-refractivity contribution in [3.63, 3.8) is 0 Å². The largest absolute Gasteiger partial charge is 0.345 e. The van der Waals surface area contributed by atoms with Gasteiger partial charge in [0.1, 0.15) is 5.69 Å². The first-order chi connectivity index (χ1) is 12.3. The Labute approximate surface area is 154 Å². The molecule has 0 atom stereocenters. The predicted octanol–water partition coefficient (Wildman–Crippen LogP) is 1.86. The molecule has 0 saturated heterocycles. The van der Waals surface area contributed by atoms with Crippen molar-refractivity contribution in [3.05, 3.63) is 53.2 Å². The summed E-state index contributed by atoms with van der Waals surface area (Å²) in [6.07, 6.45) is 1.08. The third-order valence-electron chi connectivity index (χ3n) is 3.63. The summed E-state index contributed by atoms with van der Waals surface area (Å²) < 4.78 is 24.1. The Hall–Kier alpha value is -2.72. The maximum atomic E-state index is 12.2. The van der Waals surface area contributed by atoms with Gasteiger partial charge in [-0.2, -0.15) is 5.10 Å². The summed E-state index contributed by atoms with van der Waals surface area (Å²) in [5, 5.41) is 11.6. The van der Waals surface area contributed by atoms with Crippen LogP contribution in [0.3, 0.4) is 0 Å². The minimum Gasteiger partial charge on any atom is -0.345 e. The van der Waals surface area contributed by atoms with Crippen LogP contribution in [0, 0.1) is 0 Å². The fraction of sp³-hybridized carbons (Fsp3) is 0.188. The van der Waals surface area contributed by atoms with Gasteiger partial charge in [-0.15, -0.1) is 11.3 Å². The molecule has 0 aliphatic rings. The van der Waals surface area contributed by atoms with Gasteiger partial charge in [-0.1, -0.05) is 30.3 Å². The molecule has 0 spiro atoms. The number of thiazole rings is 1. The van der Waals surface area contributed by atoms with Crippen LogP contribution in [0.2, 0.25) is 0 Å². The summed E-state index contributed by atoms with van der Waals surface area (Å²) in [6, 6.07) is 11.6. The summed E-state index contributed by atoms with van der Waals surface area (Å²) in [6.45, 7) is 0.257. The van der Waals surface area contributed by atoms with Crippen molar-refractivity contribution in [3.8, 4) is 11.3 Å². The van der Waals surface area contributed by atoms with Gasteiger partial charge in [-0.25, -0.2) is 17.7 Å². The number of carbonyl (C=O) groups excluding carboxylic acids is 1. The number of aromatic amines is 1. The molecule has 0 radical (unpaired) electrons. The maximum Gasteiger partial charge on any atom is 0.271 e. The molecule has 0 saturated carbocycles. The number of rotatable bonds is 6. The number of hydrogen-bond donors (Lipinski definition) is 2. The zero-order valence-electron chi connectivity index (χ0n) is 14.1. The Balaban J connectivity index is 1.63. The molecule has 136 valence electrons. The molecule has 2 N–H and O–H groups in total. The number of anilines is 1. The number of aromatic nitrogens is 3. The van der Waals surface area contributed by atoms with E-state index in [0.717, 1.165) is 38.8 Å². The van der Waals surface area contributed by atoms with Crippen molar-refractivity contribution in [1.29, 1.82) is 0 Å². The SMILES string of the molecule is CN(c1nc(C(=O)NCc2cc(-c3ccccc3)n[nH]2)cs1)S(C)(=O)=O. The highest BCUT2D eigenvalue weighted by Gasteiger charge is 2.18. The third kappa shape index (κ3) is 4.09. The molecule has 0 aliphatic heterocycles. The van der Waals surface area contributed by atoms with Crippen LogP contribution >= 0.6 is 11.3 Å². The van der Waals surface area contributed by atoms with Crippen LogP contribution in [0.4, 0.5) is 5.13 Å². The lowest BCUT2D eigenvalue weighted by molar-refractivity contribution is 0.0946. The van der Waals surface area contributed by atoms with Gasteiger partial charge < -0.3 is 5.32 Å². The molecule has 0 bridgehead atoms. The van der Waals surface area contributed by atoms with Crippen LogP contribution < -0.4 is 9.62 Å².